The first-order valence-electron chi connectivity index (χ1n) is 6.36. The summed E-state index contributed by atoms with van der Waals surface area (Å²) in [4.78, 5) is 0. The molecule has 2 rings (SSSR count). The molecule has 6 nitrogen and oxygen atoms in total. The normalized spacial score (nSPS) is 12.3. The zero-order valence-corrected chi connectivity index (χ0v) is 12.2. The minimum absolute atomic E-state index is 0.0117. The maximum atomic E-state index is 9.89. The van der Waals surface area contributed by atoms with Gasteiger partial charge in [-0.05, 0) is 25.5 Å². The fourth-order valence-electron chi connectivity index (χ4n) is 1.87. The van der Waals surface area contributed by atoms with Crippen LogP contribution >= 0.6 is 12.6 Å². The van der Waals surface area contributed by atoms with Crippen LogP contribution in [0.2, 0.25) is 0 Å². The second kappa shape index (κ2) is 6.04. The first kappa shape index (κ1) is 14.5. The SMILES string of the molecule is CCCC(C)Oc1c(S)nnn1-c1ccc(O)cc1O. The second-order valence-electron chi connectivity index (χ2n) is 4.52. The van der Waals surface area contributed by atoms with E-state index >= 15 is 0 Å². The number of rotatable bonds is 5. The summed E-state index contributed by atoms with van der Waals surface area (Å²) in [7, 11) is 0. The first-order valence-corrected chi connectivity index (χ1v) is 6.81. The molecular weight excluding hydrogens is 278 g/mol. The van der Waals surface area contributed by atoms with Crippen molar-refractivity contribution < 1.29 is 14.9 Å². The van der Waals surface area contributed by atoms with Crippen molar-refractivity contribution in [2.45, 2.75) is 37.8 Å². The Balaban J connectivity index is 2.37. The summed E-state index contributed by atoms with van der Waals surface area (Å²) < 4.78 is 7.15. The van der Waals surface area contributed by atoms with Crippen molar-refractivity contribution in [2.24, 2.45) is 0 Å². The van der Waals surface area contributed by atoms with E-state index in [4.69, 9.17) is 4.74 Å². The summed E-state index contributed by atoms with van der Waals surface area (Å²) in [6, 6.07) is 4.21. The highest BCUT2D eigenvalue weighted by Crippen LogP contribution is 2.31. The lowest BCUT2D eigenvalue weighted by molar-refractivity contribution is 0.190. The number of benzene rings is 1. The van der Waals surface area contributed by atoms with Crippen LogP contribution in [0.15, 0.2) is 23.2 Å². The third-order valence-corrected chi connectivity index (χ3v) is 3.09. The largest absolute Gasteiger partial charge is 0.508 e. The molecule has 1 aromatic carbocycles. The molecule has 0 aliphatic heterocycles. The Morgan fingerprint density at radius 1 is 1.40 bits per heavy atom. The number of ether oxygens (including phenoxy) is 1. The van der Waals surface area contributed by atoms with E-state index < -0.39 is 0 Å². The van der Waals surface area contributed by atoms with Crippen molar-refractivity contribution in [1.29, 1.82) is 0 Å². The molecule has 2 aromatic rings. The lowest BCUT2D eigenvalue weighted by Crippen LogP contribution is -2.14. The van der Waals surface area contributed by atoms with Crippen molar-refractivity contribution in [3.05, 3.63) is 18.2 Å². The van der Waals surface area contributed by atoms with Gasteiger partial charge in [0.25, 0.3) is 5.88 Å². The van der Waals surface area contributed by atoms with E-state index in [1.807, 2.05) is 6.92 Å². The van der Waals surface area contributed by atoms with E-state index in [9.17, 15) is 10.2 Å². The van der Waals surface area contributed by atoms with Gasteiger partial charge in [0.2, 0.25) is 0 Å². The molecule has 1 atom stereocenters. The van der Waals surface area contributed by atoms with E-state index in [0.717, 1.165) is 12.8 Å². The van der Waals surface area contributed by atoms with Crippen LogP contribution in [-0.4, -0.2) is 31.3 Å². The molecule has 0 bridgehead atoms. The lowest BCUT2D eigenvalue weighted by Gasteiger charge is -2.15. The summed E-state index contributed by atoms with van der Waals surface area (Å²) in [6.07, 6.45) is 1.87. The van der Waals surface area contributed by atoms with Crippen molar-refractivity contribution in [3.8, 4) is 23.1 Å². The van der Waals surface area contributed by atoms with Crippen LogP contribution in [0.5, 0.6) is 17.4 Å². The number of aromatic hydroxyl groups is 2. The van der Waals surface area contributed by atoms with Gasteiger partial charge in [-0.15, -0.1) is 17.7 Å². The van der Waals surface area contributed by atoms with E-state index in [0.29, 0.717) is 16.6 Å². The van der Waals surface area contributed by atoms with Crippen LogP contribution in [0.25, 0.3) is 5.69 Å². The van der Waals surface area contributed by atoms with Crippen LogP contribution in [-0.2, 0) is 0 Å². The predicted octanol–water partition coefficient (Wildman–Crippen LogP) is 2.53. The van der Waals surface area contributed by atoms with Gasteiger partial charge >= 0.3 is 0 Å². The van der Waals surface area contributed by atoms with E-state index in [1.54, 1.807) is 0 Å². The molecule has 7 heteroatoms. The molecule has 0 aliphatic rings. The van der Waals surface area contributed by atoms with Gasteiger partial charge < -0.3 is 14.9 Å². The highest BCUT2D eigenvalue weighted by Gasteiger charge is 2.18. The van der Waals surface area contributed by atoms with Gasteiger partial charge in [-0.25, -0.2) is 0 Å². The molecule has 1 heterocycles. The number of nitrogens with zero attached hydrogens (tertiary/aromatic N) is 3. The van der Waals surface area contributed by atoms with Crippen LogP contribution in [0.3, 0.4) is 0 Å². The molecule has 20 heavy (non-hydrogen) atoms. The maximum Gasteiger partial charge on any atom is 0.252 e. The van der Waals surface area contributed by atoms with E-state index in [1.165, 1.54) is 22.9 Å². The molecule has 108 valence electrons. The van der Waals surface area contributed by atoms with Gasteiger partial charge in [-0.2, -0.15) is 4.68 Å². The molecule has 0 aliphatic carbocycles. The van der Waals surface area contributed by atoms with Crippen LogP contribution < -0.4 is 4.74 Å². The minimum Gasteiger partial charge on any atom is -0.508 e. The molecule has 0 saturated carbocycles. The Bertz CT molecular complexity index is 601. The molecule has 0 saturated heterocycles. The third kappa shape index (κ3) is 2.98. The number of hydrogen-bond acceptors (Lipinski definition) is 6. The van der Waals surface area contributed by atoms with Gasteiger partial charge in [-0.3, -0.25) is 0 Å². The second-order valence-corrected chi connectivity index (χ2v) is 4.94. The van der Waals surface area contributed by atoms with Gasteiger partial charge in [0.05, 0.1) is 6.10 Å². The third-order valence-electron chi connectivity index (χ3n) is 2.81. The molecule has 0 amide bonds. The van der Waals surface area contributed by atoms with Crippen LogP contribution in [0.4, 0.5) is 0 Å². The van der Waals surface area contributed by atoms with Crippen molar-refractivity contribution >= 4 is 12.6 Å². The average molecular weight is 295 g/mol. The molecule has 0 fully saturated rings. The highest BCUT2D eigenvalue weighted by atomic mass is 32.1. The predicted molar refractivity (Wildman–Crippen MR) is 76.9 cm³/mol. The Hall–Kier alpha value is -1.89. The number of aromatic nitrogens is 3. The van der Waals surface area contributed by atoms with Crippen molar-refractivity contribution in [2.75, 3.05) is 0 Å². The Labute approximate surface area is 122 Å². The number of phenols is 2. The molecule has 0 radical (unpaired) electrons. The van der Waals surface area contributed by atoms with E-state index in [-0.39, 0.29) is 17.6 Å². The van der Waals surface area contributed by atoms with Gasteiger partial charge in [0.15, 0.2) is 5.03 Å². The summed E-state index contributed by atoms with van der Waals surface area (Å²) in [5, 5.41) is 27.3. The van der Waals surface area contributed by atoms with Crippen molar-refractivity contribution in [3.63, 3.8) is 0 Å². The quantitative estimate of drug-likeness (QED) is 0.739. The molecule has 0 spiro atoms. The Kier molecular flexibility index (Phi) is 4.39. The first-order chi connectivity index (χ1) is 9.52. The molecule has 2 N–H and O–H groups in total. The number of phenolic OH excluding ortho intramolecular Hbond substituents is 2. The van der Waals surface area contributed by atoms with Crippen molar-refractivity contribution in [1.82, 2.24) is 15.0 Å². The van der Waals surface area contributed by atoms with Crippen LogP contribution in [0, 0.1) is 0 Å². The van der Waals surface area contributed by atoms with E-state index in [2.05, 4.69) is 29.9 Å². The highest BCUT2D eigenvalue weighted by molar-refractivity contribution is 7.80. The number of thiol groups is 1. The van der Waals surface area contributed by atoms with Gasteiger partial charge in [-0.1, -0.05) is 18.6 Å². The fraction of sp³-hybridized carbons (Fsp3) is 0.385. The standard InChI is InChI=1S/C13H17N3O3S/c1-3-4-8(2)19-13-12(20)14-15-16(13)10-6-5-9(17)7-11(10)18/h5-8,17-18,20H,3-4H2,1-2H3. The number of hydrogen-bond donors (Lipinski definition) is 3. The summed E-state index contributed by atoms with van der Waals surface area (Å²) in [5.41, 5.74) is 0.370. The van der Waals surface area contributed by atoms with Crippen LogP contribution in [0.1, 0.15) is 26.7 Å². The molecule has 1 aromatic heterocycles. The lowest BCUT2D eigenvalue weighted by atomic mass is 10.2. The smallest absolute Gasteiger partial charge is 0.252 e. The summed E-state index contributed by atoms with van der Waals surface area (Å²) in [5.74, 6) is 0.228. The summed E-state index contributed by atoms with van der Waals surface area (Å²) >= 11 is 4.22. The Morgan fingerprint density at radius 2 is 2.15 bits per heavy atom. The summed E-state index contributed by atoms with van der Waals surface area (Å²) in [6.45, 7) is 4.02. The topological polar surface area (TPSA) is 80.4 Å². The van der Waals surface area contributed by atoms with Gasteiger partial charge in [0.1, 0.15) is 17.2 Å². The fourth-order valence-corrected chi connectivity index (χ4v) is 2.06. The molecule has 1 unspecified atom stereocenters. The zero-order chi connectivity index (χ0) is 14.7. The molecular formula is C13H17N3O3S. The zero-order valence-electron chi connectivity index (χ0n) is 11.3. The minimum atomic E-state index is -0.115. The maximum absolute atomic E-state index is 9.89. The van der Waals surface area contributed by atoms with Gasteiger partial charge in [0, 0.05) is 6.07 Å². The Morgan fingerprint density at radius 3 is 2.80 bits per heavy atom. The average Bonchev–Trinajstić information content (AvgIpc) is 2.72. The monoisotopic (exact) mass is 295 g/mol.